The highest BCUT2D eigenvalue weighted by Crippen LogP contribution is 2.21. The molecule has 1 aliphatic heterocycles. The van der Waals surface area contributed by atoms with Crippen LogP contribution in [0.5, 0.6) is 11.6 Å². The minimum absolute atomic E-state index is 0.0915. The van der Waals surface area contributed by atoms with Crippen LogP contribution in [0.15, 0.2) is 36.7 Å². The number of piperazine rings is 1. The van der Waals surface area contributed by atoms with E-state index < -0.39 is 0 Å². The van der Waals surface area contributed by atoms with Gasteiger partial charge in [-0.15, -0.1) is 0 Å². The van der Waals surface area contributed by atoms with Gasteiger partial charge in [0.05, 0.1) is 19.5 Å². The average Bonchev–Trinajstić information content (AvgIpc) is 3.13. The van der Waals surface area contributed by atoms with Crippen molar-refractivity contribution in [2.24, 2.45) is 0 Å². The molecule has 1 fully saturated rings. The van der Waals surface area contributed by atoms with Gasteiger partial charge in [0.1, 0.15) is 18.1 Å². The Morgan fingerprint density at radius 2 is 1.97 bits per heavy atom. The van der Waals surface area contributed by atoms with E-state index in [4.69, 9.17) is 9.47 Å². The van der Waals surface area contributed by atoms with Crippen molar-refractivity contribution < 1.29 is 14.3 Å². The maximum Gasteiger partial charge on any atom is 0.274 e. The molecule has 1 N–H and O–H groups in total. The van der Waals surface area contributed by atoms with Gasteiger partial charge in [-0.25, -0.2) is 9.97 Å². The highest BCUT2D eigenvalue weighted by atomic mass is 16.5. The summed E-state index contributed by atoms with van der Waals surface area (Å²) in [6.07, 6.45) is 2.93. The molecule has 0 radical (unpaired) electrons. The number of aromatic amines is 1. The number of aryl methyl sites for hydroxylation is 1. The molecular weight excluding hydrogens is 370 g/mol. The number of carbonyl (C=O) groups is 1. The maximum atomic E-state index is 12.6. The van der Waals surface area contributed by atoms with E-state index in [1.54, 1.807) is 0 Å². The third kappa shape index (κ3) is 4.48. The molecule has 1 saturated heterocycles. The summed E-state index contributed by atoms with van der Waals surface area (Å²) in [7, 11) is 1.52. The lowest BCUT2D eigenvalue weighted by Crippen LogP contribution is -2.49. The molecule has 29 heavy (non-hydrogen) atoms. The predicted octanol–water partition coefficient (Wildman–Crippen LogP) is 2.11. The van der Waals surface area contributed by atoms with Gasteiger partial charge in [-0.2, -0.15) is 0 Å². The second kappa shape index (κ2) is 8.48. The Morgan fingerprint density at radius 3 is 2.69 bits per heavy atom. The van der Waals surface area contributed by atoms with E-state index >= 15 is 0 Å². The van der Waals surface area contributed by atoms with Crippen molar-refractivity contribution >= 4 is 16.8 Å². The summed E-state index contributed by atoms with van der Waals surface area (Å²) in [5, 5.41) is 1.16. The number of carbonyl (C=O) groups excluding carboxylic acids is 1. The summed E-state index contributed by atoms with van der Waals surface area (Å²) < 4.78 is 10.9. The summed E-state index contributed by atoms with van der Waals surface area (Å²) in [4.78, 5) is 28.2. The first-order valence-electron chi connectivity index (χ1n) is 9.72. The molecule has 0 bridgehead atoms. The zero-order valence-corrected chi connectivity index (χ0v) is 16.7. The summed E-state index contributed by atoms with van der Waals surface area (Å²) in [5.74, 6) is 1.19. The Bertz CT molecular complexity index is 978. The van der Waals surface area contributed by atoms with Crippen LogP contribution in [-0.4, -0.2) is 77.1 Å². The van der Waals surface area contributed by atoms with Gasteiger partial charge in [0.25, 0.3) is 5.91 Å². The van der Waals surface area contributed by atoms with Gasteiger partial charge < -0.3 is 19.4 Å². The highest BCUT2D eigenvalue weighted by Gasteiger charge is 2.23. The molecule has 0 saturated carbocycles. The van der Waals surface area contributed by atoms with Crippen LogP contribution < -0.4 is 9.47 Å². The molecular formula is C21H25N5O3. The number of H-pyrrole nitrogens is 1. The molecule has 3 heterocycles. The third-order valence-corrected chi connectivity index (χ3v) is 5.12. The Balaban J connectivity index is 1.23. The molecule has 3 aromatic rings. The first-order valence-corrected chi connectivity index (χ1v) is 9.72. The zero-order chi connectivity index (χ0) is 20.2. The highest BCUT2D eigenvalue weighted by molar-refractivity contribution is 5.92. The van der Waals surface area contributed by atoms with Gasteiger partial charge in [-0.05, 0) is 31.2 Å². The molecule has 8 heteroatoms. The van der Waals surface area contributed by atoms with Crippen molar-refractivity contribution in [1.82, 2.24) is 24.8 Å². The van der Waals surface area contributed by atoms with E-state index in [2.05, 4.69) is 32.0 Å². The number of rotatable bonds is 6. The first kappa shape index (κ1) is 19.2. The predicted molar refractivity (Wildman–Crippen MR) is 109 cm³/mol. The number of hydrogen-bond donors (Lipinski definition) is 1. The molecule has 1 aliphatic rings. The van der Waals surface area contributed by atoms with Crippen molar-refractivity contribution in [3.05, 3.63) is 48.0 Å². The van der Waals surface area contributed by atoms with Gasteiger partial charge >= 0.3 is 0 Å². The molecule has 4 rings (SSSR count). The molecule has 1 aromatic carbocycles. The number of hydrogen-bond acceptors (Lipinski definition) is 6. The average molecular weight is 395 g/mol. The van der Waals surface area contributed by atoms with E-state index in [0.717, 1.165) is 42.0 Å². The molecule has 8 nitrogen and oxygen atoms in total. The smallest absolute Gasteiger partial charge is 0.274 e. The number of methoxy groups -OCH3 is 1. The number of fused-ring (bicyclic) bond motifs is 1. The van der Waals surface area contributed by atoms with Gasteiger partial charge in [-0.3, -0.25) is 9.69 Å². The Hall–Kier alpha value is -3.13. The summed E-state index contributed by atoms with van der Waals surface area (Å²) >= 11 is 0. The number of benzene rings is 1. The quantitative estimate of drug-likeness (QED) is 0.688. The van der Waals surface area contributed by atoms with Crippen molar-refractivity contribution in [1.29, 1.82) is 0 Å². The monoisotopic (exact) mass is 395 g/mol. The lowest BCUT2D eigenvalue weighted by atomic mass is 10.2. The number of nitrogens with zero attached hydrogens (tertiary/aromatic N) is 4. The van der Waals surface area contributed by atoms with Crippen molar-refractivity contribution in [2.45, 2.75) is 6.92 Å². The van der Waals surface area contributed by atoms with Gasteiger partial charge in [0, 0.05) is 49.3 Å². The van der Waals surface area contributed by atoms with Gasteiger partial charge in [0.2, 0.25) is 5.88 Å². The normalized spacial score (nSPS) is 14.9. The third-order valence-electron chi connectivity index (χ3n) is 5.12. The molecule has 0 spiro atoms. The minimum Gasteiger partial charge on any atom is -0.492 e. The maximum absolute atomic E-state index is 12.6. The second-order valence-electron chi connectivity index (χ2n) is 7.13. The number of nitrogens with one attached hydrogen (secondary N) is 1. The van der Waals surface area contributed by atoms with Crippen molar-refractivity contribution in [3.63, 3.8) is 0 Å². The van der Waals surface area contributed by atoms with Crippen LogP contribution in [0.4, 0.5) is 0 Å². The molecule has 152 valence electrons. The van der Waals surface area contributed by atoms with Crippen LogP contribution in [-0.2, 0) is 0 Å². The van der Waals surface area contributed by atoms with E-state index in [1.807, 2.05) is 24.0 Å². The van der Waals surface area contributed by atoms with Crippen LogP contribution in [0.1, 0.15) is 16.2 Å². The van der Waals surface area contributed by atoms with Crippen LogP contribution >= 0.6 is 0 Å². The second-order valence-corrected chi connectivity index (χ2v) is 7.13. The number of ether oxygens (including phenoxy) is 2. The van der Waals surface area contributed by atoms with Crippen LogP contribution in [0.25, 0.3) is 10.9 Å². The largest absolute Gasteiger partial charge is 0.492 e. The molecule has 0 aliphatic carbocycles. The van der Waals surface area contributed by atoms with E-state index in [0.29, 0.717) is 31.3 Å². The lowest BCUT2D eigenvalue weighted by Gasteiger charge is -2.34. The Morgan fingerprint density at radius 1 is 1.14 bits per heavy atom. The SMILES string of the molecule is COc1cnc(C(=O)N2CCN(CCOc3ccc4[nH]c(C)cc4c3)CC2)cn1. The molecule has 0 unspecified atom stereocenters. The fraction of sp³-hybridized carbons (Fsp3) is 0.381. The summed E-state index contributed by atoms with van der Waals surface area (Å²) in [6.45, 7) is 6.46. The molecule has 2 aromatic heterocycles. The van der Waals surface area contributed by atoms with Crippen LogP contribution in [0.2, 0.25) is 0 Å². The van der Waals surface area contributed by atoms with Gasteiger partial charge in [0.15, 0.2) is 0 Å². The van der Waals surface area contributed by atoms with Crippen molar-refractivity contribution in [2.75, 3.05) is 46.4 Å². The first-order chi connectivity index (χ1) is 14.1. The van der Waals surface area contributed by atoms with Crippen LogP contribution in [0.3, 0.4) is 0 Å². The topological polar surface area (TPSA) is 83.6 Å². The van der Waals surface area contributed by atoms with E-state index in [9.17, 15) is 4.79 Å². The number of amides is 1. The fourth-order valence-electron chi connectivity index (χ4n) is 3.51. The molecule has 0 atom stereocenters. The summed E-state index contributed by atoms with van der Waals surface area (Å²) in [5.41, 5.74) is 2.61. The fourth-order valence-corrected chi connectivity index (χ4v) is 3.51. The minimum atomic E-state index is -0.0915. The van der Waals surface area contributed by atoms with Crippen molar-refractivity contribution in [3.8, 4) is 11.6 Å². The van der Waals surface area contributed by atoms with Gasteiger partial charge in [-0.1, -0.05) is 0 Å². The van der Waals surface area contributed by atoms with E-state index in [-0.39, 0.29) is 5.91 Å². The standard InChI is InChI=1S/C21H25N5O3/c1-15-11-16-12-17(3-4-18(16)24-15)29-10-9-25-5-7-26(8-6-25)21(27)19-13-23-20(28-2)14-22-19/h3-4,11-14,24H,5-10H2,1-2H3. The van der Waals surface area contributed by atoms with Crippen LogP contribution in [0, 0.1) is 6.92 Å². The number of aromatic nitrogens is 3. The lowest BCUT2D eigenvalue weighted by molar-refractivity contribution is 0.0614. The molecule has 1 amide bonds. The van der Waals surface area contributed by atoms with E-state index in [1.165, 1.54) is 19.5 Å². The zero-order valence-electron chi connectivity index (χ0n) is 16.7. The Kier molecular flexibility index (Phi) is 5.62. The Labute approximate surface area is 169 Å². The summed E-state index contributed by atoms with van der Waals surface area (Å²) in [6, 6.07) is 8.21.